The van der Waals surface area contributed by atoms with E-state index < -0.39 is 0 Å². The second-order valence-electron chi connectivity index (χ2n) is 4.75. The van der Waals surface area contributed by atoms with Crippen molar-refractivity contribution in [1.82, 2.24) is 4.57 Å². The molecule has 1 aromatic heterocycles. The SMILES string of the molecule is c1ccc(-n2ccc3ccc4ccccc4c32)cc1. The zero-order valence-corrected chi connectivity index (χ0v) is 10.5. The average molecular weight is 243 g/mol. The molecule has 0 radical (unpaired) electrons. The second-order valence-corrected chi connectivity index (χ2v) is 4.75. The molecule has 0 atom stereocenters. The lowest BCUT2D eigenvalue weighted by Gasteiger charge is -2.07. The average Bonchev–Trinajstić information content (AvgIpc) is 2.92. The lowest BCUT2D eigenvalue weighted by Crippen LogP contribution is -1.91. The van der Waals surface area contributed by atoms with Gasteiger partial charge in [-0.2, -0.15) is 0 Å². The van der Waals surface area contributed by atoms with Crippen LogP contribution >= 0.6 is 0 Å². The highest BCUT2D eigenvalue weighted by Crippen LogP contribution is 2.28. The van der Waals surface area contributed by atoms with Crippen molar-refractivity contribution in [2.24, 2.45) is 0 Å². The van der Waals surface area contributed by atoms with E-state index in [-0.39, 0.29) is 0 Å². The molecule has 1 heterocycles. The smallest absolute Gasteiger partial charge is 0.0606 e. The molecule has 0 saturated heterocycles. The van der Waals surface area contributed by atoms with Crippen LogP contribution in [0.15, 0.2) is 79.0 Å². The van der Waals surface area contributed by atoms with Crippen molar-refractivity contribution in [3.05, 3.63) is 79.0 Å². The van der Waals surface area contributed by atoms with E-state index in [4.69, 9.17) is 0 Å². The molecular formula is C18H13N. The van der Waals surface area contributed by atoms with Gasteiger partial charge in [-0.1, -0.05) is 54.6 Å². The number of aromatic nitrogens is 1. The van der Waals surface area contributed by atoms with Crippen molar-refractivity contribution in [3.63, 3.8) is 0 Å². The Bertz CT molecular complexity index is 857. The van der Waals surface area contributed by atoms with Crippen LogP contribution < -0.4 is 0 Å². The minimum Gasteiger partial charge on any atom is -0.316 e. The Labute approximate surface area is 111 Å². The molecule has 90 valence electrons. The highest BCUT2D eigenvalue weighted by Gasteiger charge is 2.06. The third-order valence-electron chi connectivity index (χ3n) is 3.61. The molecular weight excluding hydrogens is 230 g/mol. The highest BCUT2D eigenvalue weighted by atomic mass is 15.0. The normalized spacial score (nSPS) is 11.2. The van der Waals surface area contributed by atoms with E-state index >= 15 is 0 Å². The van der Waals surface area contributed by atoms with Crippen LogP contribution in [0.3, 0.4) is 0 Å². The van der Waals surface area contributed by atoms with Gasteiger partial charge in [0, 0.05) is 22.7 Å². The summed E-state index contributed by atoms with van der Waals surface area (Å²) in [6.45, 7) is 0. The van der Waals surface area contributed by atoms with E-state index in [2.05, 4.69) is 77.5 Å². The first-order chi connectivity index (χ1) is 9.43. The number of benzene rings is 3. The Morgan fingerprint density at radius 3 is 2.21 bits per heavy atom. The largest absolute Gasteiger partial charge is 0.316 e. The first kappa shape index (κ1) is 10.4. The van der Waals surface area contributed by atoms with Crippen molar-refractivity contribution >= 4 is 21.7 Å². The molecule has 1 heteroatoms. The number of hydrogen-bond donors (Lipinski definition) is 0. The predicted molar refractivity (Wildman–Crippen MR) is 80.8 cm³/mol. The van der Waals surface area contributed by atoms with Gasteiger partial charge in [0.25, 0.3) is 0 Å². The Hall–Kier alpha value is -2.54. The predicted octanol–water partition coefficient (Wildman–Crippen LogP) is 4.78. The van der Waals surface area contributed by atoms with Crippen LogP contribution in [-0.4, -0.2) is 4.57 Å². The van der Waals surface area contributed by atoms with Gasteiger partial charge >= 0.3 is 0 Å². The molecule has 4 aromatic rings. The summed E-state index contributed by atoms with van der Waals surface area (Å²) in [6.07, 6.45) is 2.15. The van der Waals surface area contributed by atoms with Gasteiger partial charge in [-0.15, -0.1) is 0 Å². The van der Waals surface area contributed by atoms with Gasteiger partial charge in [0.05, 0.1) is 5.52 Å². The first-order valence-electron chi connectivity index (χ1n) is 6.48. The van der Waals surface area contributed by atoms with E-state index in [9.17, 15) is 0 Å². The molecule has 0 amide bonds. The molecule has 0 fully saturated rings. The Kier molecular flexibility index (Phi) is 2.18. The monoisotopic (exact) mass is 243 g/mol. The summed E-state index contributed by atoms with van der Waals surface area (Å²) in [4.78, 5) is 0. The Morgan fingerprint density at radius 2 is 1.32 bits per heavy atom. The molecule has 0 saturated carbocycles. The molecule has 3 aromatic carbocycles. The van der Waals surface area contributed by atoms with E-state index in [1.54, 1.807) is 0 Å². The van der Waals surface area contributed by atoms with Crippen LogP contribution in [0.2, 0.25) is 0 Å². The molecule has 0 aliphatic heterocycles. The van der Waals surface area contributed by atoms with Crippen molar-refractivity contribution in [2.45, 2.75) is 0 Å². The molecule has 0 aliphatic carbocycles. The lowest BCUT2D eigenvalue weighted by molar-refractivity contribution is 1.13. The Morgan fingerprint density at radius 1 is 0.579 bits per heavy atom. The second kappa shape index (κ2) is 3.99. The number of fused-ring (bicyclic) bond motifs is 3. The van der Waals surface area contributed by atoms with Gasteiger partial charge in [-0.05, 0) is 23.6 Å². The van der Waals surface area contributed by atoms with Crippen LogP contribution in [0.25, 0.3) is 27.4 Å². The van der Waals surface area contributed by atoms with Gasteiger partial charge in [-0.25, -0.2) is 0 Å². The fraction of sp³-hybridized carbons (Fsp3) is 0. The van der Waals surface area contributed by atoms with Gasteiger partial charge in [0.15, 0.2) is 0 Å². The molecule has 0 unspecified atom stereocenters. The van der Waals surface area contributed by atoms with E-state index in [1.807, 2.05) is 6.07 Å². The number of rotatable bonds is 1. The van der Waals surface area contributed by atoms with Crippen molar-refractivity contribution in [1.29, 1.82) is 0 Å². The molecule has 4 rings (SSSR count). The molecule has 0 N–H and O–H groups in total. The summed E-state index contributed by atoms with van der Waals surface area (Å²) in [5, 5.41) is 3.86. The topological polar surface area (TPSA) is 4.93 Å². The zero-order valence-electron chi connectivity index (χ0n) is 10.5. The van der Waals surface area contributed by atoms with Crippen LogP contribution in [0.5, 0.6) is 0 Å². The Balaban J connectivity index is 2.15. The highest BCUT2D eigenvalue weighted by molar-refractivity contribution is 6.06. The van der Waals surface area contributed by atoms with E-state index in [1.165, 1.54) is 27.4 Å². The fourth-order valence-electron chi connectivity index (χ4n) is 2.71. The zero-order chi connectivity index (χ0) is 12.7. The van der Waals surface area contributed by atoms with Gasteiger partial charge < -0.3 is 4.57 Å². The minimum absolute atomic E-state index is 1.20. The van der Waals surface area contributed by atoms with Crippen molar-refractivity contribution in [2.75, 3.05) is 0 Å². The van der Waals surface area contributed by atoms with Crippen molar-refractivity contribution < 1.29 is 0 Å². The van der Waals surface area contributed by atoms with Crippen LogP contribution in [0, 0.1) is 0 Å². The first-order valence-corrected chi connectivity index (χ1v) is 6.48. The summed E-state index contributed by atoms with van der Waals surface area (Å²) < 4.78 is 2.26. The third-order valence-corrected chi connectivity index (χ3v) is 3.61. The van der Waals surface area contributed by atoms with Crippen molar-refractivity contribution in [3.8, 4) is 5.69 Å². The summed E-state index contributed by atoms with van der Waals surface area (Å²) in [6, 6.07) is 25.6. The summed E-state index contributed by atoms with van der Waals surface area (Å²) in [5.41, 5.74) is 2.48. The number of para-hydroxylation sites is 1. The van der Waals surface area contributed by atoms with Gasteiger partial charge in [-0.3, -0.25) is 0 Å². The molecule has 0 spiro atoms. The van der Waals surface area contributed by atoms with Gasteiger partial charge in [0.2, 0.25) is 0 Å². The fourth-order valence-corrected chi connectivity index (χ4v) is 2.71. The van der Waals surface area contributed by atoms with Crippen LogP contribution in [0.4, 0.5) is 0 Å². The van der Waals surface area contributed by atoms with E-state index in [0.717, 1.165) is 0 Å². The summed E-state index contributed by atoms with van der Waals surface area (Å²) in [5.74, 6) is 0. The minimum atomic E-state index is 1.20. The van der Waals surface area contributed by atoms with Gasteiger partial charge in [0.1, 0.15) is 0 Å². The maximum atomic E-state index is 2.26. The van der Waals surface area contributed by atoms with Crippen LogP contribution in [0.1, 0.15) is 0 Å². The standard InChI is InChI=1S/C18H13N/c1-2-7-16(8-3-1)19-13-12-15-11-10-14-6-4-5-9-17(14)18(15)19/h1-13H. The summed E-state index contributed by atoms with van der Waals surface area (Å²) in [7, 11) is 0. The molecule has 0 bridgehead atoms. The third kappa shape index (κ3) is 1.55. The molecule has 19 heavy (non-hydrogen) atoms. The number of nitrogens with zero attached hydrogens (tertiary/aromatic N) is 1. The molecule has 0 aliphatic rings. The maximum Gasteiger partial charge on any atom is 0.0606 e. The molecule has 1 nitrogen and oxygen atoms in total. The maximum absolute atomic E-state index is 2.26. The van der Waals surface area contributed by atoms with Crippen LogP contribution in [-0.2, 0) is 0 Å². The lowest BCUT2D eigenvalue weighted by atomic mass is 10.1. The quantitative estimate of drug-likeness (QED) is 0.453. The van der Waals surface area contributed by atoms with E-state index in [0.29, 0.717) is 0 Å². The number of hydrogen-bond acceptors (Lipinski definition) is 0. The summed E-state index contributed by atoms with van der Waals surface area (Å²) >= 11 is 0.